The van der Waals surface area contributed by atoms with Crippen LogP contribution in [0.2, 0.25) is 0 Å². The molecular formula is C15H19N3O3S. The van der Waals surface area contributed by atoms with Gasteiger partial charge in [0.25, 0.3) is 0 Å². The van der Waals surface area contributed by atoms with E-state index in [2.05, 4.69) is 10.1 Å². The summed E-state index contributed by atoms with van der Waals surface area (Å²) in [6.07, 6.45) is 1.39. The highest BCUT2D eigenvalue weighted by Crippen LogP contribution is 2.28. The molecule has 22 heavy (non-hydrogen) atoms. The molecule has 7 heteroatoms. The Balaban J connectivity index is 1.93. The third-order valence-corrected chi connectivity index (χ3v) is 5.80. The molecule has 0 amide bonds. The molecule has 2 aromatic rings. The van der Waals surface area contributed by atoms with Crippen molar-refractivity contribution in [3.8, 4) is 0 Å². The van der Waals surface area contributed by atoms with Crippen LogP contribution in [0.25, 0.3) is 0 Å². The Bertz CT molecular complexity index is 743. The zero-order chi connectivity index (χ0) is 15.7. The van der Waals surface area contributed by atoms with Gasteiger partial charge in [0.15, 0.2) is 0 Å². The number of hydrogen-bond donors (Lipinski definition) is 0. The molecular weight excluding hydrogens is 302 g/mol. The zero-order valence-electron chi connectivity index (χ0n) is 12.6. The van der Waals surface area contributed by atoms with E-state index in [1.165, 1.54) is 6.26 Å². The maximum atomic E-state index is 12.8. The summed E-state index contributed by atoms with van der Waals surface area (Å²) >= 11 is 0. The molecule has 0 fully saturated rings. The van der Waals surface area contributed by atoms with Gasteiger partial charge in [-0.1, -0.05) is 23.4 Å². The Kier molecular flexibility index (Phi) is 3.92. The molecule has 2 heterocycles. The van der Waals surface area contributed by atoms with Gasteiger partial charge in [-0.25, -0.2) is 8.42 Å². The third kappa shape index (κ3) is 2.86. The molecule has 3 rings (SSSR count). The molecule has 0 spiro atoms. The van der Waals surface area contributed by atoms with Crippen molar-refractivity contribution in [2.45, 2.75) is 25.3 Å². The van der Waals surface area contributed by atoms with Gasteiger partial charge in [-0.05, 0) is 18.6 Å². The highest BCUT2D eigenvalue weighted by Gasteiger charge is 2.32. The first-order valence-electron chi connectivity index (χ1n) is 7.15. The van der Waals surface area contributed by atoms with Gasteiger partial charge in [-0.2, -0.15) is 4.31 Å². The summed E-state index contributed by atoms with van der Waals surface area (Å²) in [5.74, 6) is -0.139. The SMILES string of the molecule is CC1CN(C)c2ccccc2CN1S(=O)(=O)Cc1ccon1. The molecule has 1 unspecified atom stereocenters. The highest BCUT2D eigenvalue weighted by atomic mass is 32.2. The number of aromatic nitrogens is 1. The van der Waals surface area contributed by atoms with E-state index in [1.807, 2.05) is 38.2 Å². The van der Waals surface area contributed by atoms with Crippen molar-refractivity contribution >= 4 is 15.7 Å². The molecule has 1 aliphatic rings. The molecule has 6 nitrogen and oxygen atoms in total. The summed E-state index contributed by atoms with van der Waals surface area (Å²) in [4.78, 5) is 2.10. The van der Waals surface area contributed by atoms with Gasteiger partial charge in [0.05, 0.1) is 5.69 Å². The second-order valence-corrected chi connectivity index (χ2v) is 7.57. The first-order chi connectivity index (χ1) is 10.5. The standard InChI is InChI=1S/C15H19N3O3S/c1-12-9-17(2)15-6-4-3-5-13(15)10-18(12)22(19,20)11-14-7-8-21-16-14/h3-8,12H,9-11H2,1-2H3. The van der Waals surface area contributed by atoms with Crippen LogP contribution in [0.1, 0.15) is 18.2 Å². The van der Waals surface area contributed by atoms with Gasteiger partial charge in [0, 0.05) is 37.9 Å². The van der Waals surface area contributed by atoms with Crippen LogP contribution < -0.4 is 4.90 Å². The van der Waals surface area contributed by atoms with Crippen LogP contribution in [0, 0.1) is 0 Å². The molecule has 0 saturated carbocycles. The maximum absolute atomic E-state index is 12.8. The molecule has 0 aliphatic carbocycles. The van der Waals surface area contributed by atoms with Crippen molar-refractivity contribution < 1.29 is 12.9 Å². The summed E-state index contributed by atoms with van der Waals surface area (Å²) in [6.45, 7) is 2.96. The lowest BCUT2D eigenvalue weighted by Crippen LogP contribution is -2.42. The molecule has 0 saturated heterocycles. The molecule has 1 aliphatic heterocycles. The smallest absolute Gasteiger partial charge is 0.220 e. The number of fused-ring (bicyclic) bond motifs is 1. The number of likely N-dealkylation sites (N-methyl/N-ethyl adjacent to an activating group) is 1. The van der Waals surface area contributed by atoms with Gasteiger partial charge in [0.1, 0.15) is 12.0 Å². The molecule has 1 atom stereocenters. The zero-order valence-corrected chi connectivity index (χ0v) is 13.5. The minimum Gasteiger partial charge on any atom is -0.373 e. The van der Waals surface area contributed by atoms with Crippen LogP contribution in [0.4, 0.5) is 5.69 Å². The Morgan fingerprint density at radius 3 is 2.82 bits per heavy atom. The summed E-state index contributed by atoms with van der Waals surface area (Å²) in [7, 11) is -1.47. The highest BCUT2D eigenvalue weighted by molar-refractivity contribution is 7.88. The van der Waals surface area contributed by atoms with Crippen molar-refractivity contribution in [1.29, 1.82) is 0 Å². The second-order valence-electron chi connectivity index (χ2n) is 5.65. The fourth-order valence-electron chi connectivity index (χ4n) is 2.88. The largest absolute Gasteiger partial charge is 0.373 e. The Morgan fingerprint density at radius 1 is 1.32 bits per heavy atom. The van der Waals surface area contributed by atoms with Crippen molar-refractivity contribution in [3.05, 3.63) is 47.9 Å². The van der Waals surface area contributed by atoms with Crippen LogP contribution in [-0.4, -0.2) is 37.5 Å². The summed E-state index contributed by atoms with van der Waals surface area (Å²) in [5, 5.41) is 3.71. The summed E-state index contributed by atoms with van der Waals surface area (Å²) < 4.78 is 31.8. The summed E-state index contributed by atoms with van der Waals surface area (Å²) in [5.41, 5.74) is 2.52. The number of benzene rings is 1. The second kappa shape index (κ2) is 5.73. The van der Waals surface area contributed by atoms with Crippen LogP contribution in [0.15, 0.2) is 41.1 Å². The van der Waals surface area contributed by atoms with E-state index in [0.29, 0.717) is 18.8 Å². The maximum Gasteiger partial charge on any atom is 0.220 e. The molecule has 0 radical (unpaired) electrons. The van der Waals surface area contributed by atoms with Gasteiger partial charge >= 0.3 is 0 Å². The molecule has 1 aromatic heterocycles. The predicted octanol–water partition coefficient (Wildman–Crippen LogP) is 1.84. The van der Waals surface area contributed by atoms with E-state index in [9.17, 15) is 8.42 Å². The lowest BCUT2D eigenvalue weighted by molar-refractivity contribution is 0.339. The number of anilines is 1. The fraction of sp³-hybridized carbons (Fsp3) is 0.400. The monoisotopic (exact) mass is 321 g/mol. The Morgan fingerprint density at radius 2 is 2.09 bits per heavy atom. The van der Waals surface area contributed by atoms with Crippen molar-refractivity contribution in [3.63, 3.8) is 0 Å². The number of rotatable bonds is 3. The predicted molar refractivity (Wildman–Crippen MR) is 83.8 cm³/mol. The van der Waals surface area contributed by atoms with Crippen molar-refractivity contribution in [1.82, 2.24) is 9.46 Å². The lowest BCUT2D eigenvalue weighted by atomic mass is 10.1. The average molecular weight is 321 g/mol. The van der Waals surface area contributed by atoms with Gasteiger partial charge < -0.3 is 9.42 Å². The van der Waals surface area contributed by atoms with Gasteiger partial charge in [-0.15, -0.1) is 0 Å². The van der Waals surface area contributed by atoms with E-state index in [0.717, 1.165) is 11.3 Å². The fourth-order valence-corrected chi connectivity index (χ4v) is 4.52. The van der Waals surface area contributed by atoms with E-state index in [1.54, 1.807) is 10.4 Å². The molecule has 1 aromatic carbocycles. The first-order valence-corrected chi connectivity index (χ1v) is 8.76. The van der Waals surface area contributed by atoms with Crippen LogP contribution in [0.3, 0.4) is 0 Å². The quantitative estimate of drug-likeness (QED) is 0.863. The van der Waals surface area contributed by atoms with Gasteiger partial charge in [0.2, 0.25) is 10.0 Å². The normalized spacial score (nSPS) is 19.7. The molecule has 0 N–H and O–H groups in total. The Labute approximate surface area is 130 Å². The Hall–Kier alpha value is -1.86. The van der Waals surface area contributed by atoms with Crippen molar-refractivity contribution in [2.75, 3.05) is 18.5 Å². The number of hydrogen-bond acceptors (Lipinski definition) is 5. The van der Waals surface area contributed by atoms with Gasteiger partial charge in [-0.3, -0.25) is 0 Å². The van der Waals surface area contributed by atoms with Crippen LogP contribution in [0.5, 0.6) is 0 Å². The van der Waals surface area contributed by atoms with Crippen LogP contribution in [-0.2, 0) is 22.3 Å². The van der Waals surface area contributed by atoms with Crippen molar-refractivity contribution in [2.24, 2.45) is 0 Å². The minimum absolute atomic E-state index is 0.116. The topological polar surface area (TPSA) is 66.7 Å². The van der Waals surface area contributed by atoms with E-state index in [-0.39, 0.29) is 11.8 Å². The van der Waals surface area contributed by atoms with E-state index in [4.69, 9.17) is 4.52 Å². The molecule has 118 valence electrons. The number of sulfonamides is 1. The number of nitrogens with zero attached hydrogens (tertiary/aromatic N) is 3. The first kappa shape index (κ1) is 15.1. The third-order valence-electron chi connectivity index (χ3n) is 3.94. The average Bonchev–Trinajstić information content (AvgIpc) is 2.92. The van der Waals surface area contributed by atoms with E-state index < -0.39 is 10.0 Å². The molecule has 0 bridgehead atoms. The van der Waals surface area contributed by atoms with E-state index >= 15 is 0 Å². The minimum atomic E-state index is -3.46. The lowest BCUT2D eigenvalue weighted by Gasteiger charge is -2.27. The van der Waals surface area contributed by atoms with Crippen LogP contribution >= 0.6 is 0 Å². The summed E-state index contributed by atoms with van der Waals surface area (Å²) in [6, 6.07) is 9.37. The number of para-hydroxylation sites is 1.